The molecule has 0 aromatic heterocycles. The molecule has 0 bridgehead atoms. The molecule has 0 saturated carbocycles. The van der Waals surface area contributed by atoms with Crippen LogP contribution in [0.5, 0.6) is 0 Å². The van der Waals surface area contributed by atoms with Crippen molar-refractivity contribution in [2.75, 3.05) is 0 Å². The van der Waals surface area contributed by atoms with E-state index < -0.39 is 0 Å². The third-order valence-electron chi connectivity index (χ3n) is 1.69. The molecule has 0 unspecified atom stereocenters. The van der Waals surface area contributed by atoms with Crippen LogP contribution in [-0.2, 0) is 0 Å². The molecule has 0 aliphatic carbocycles. The zero-order valence-electron chi connectivity index (χ0n) is 5.83. The van der Waals surface area contributed by atoms with Crippen LogP contribution in [0.2, 0.25) is 0 Å². The van der Waals surface area contributed by atoms with Gasteiger partial charge in [-0.05, 0) is 0 Å². The Morgan fingerprint density at radius 1 is 1.17 bits per heavy atom. The Morgan fingerprint density at radius 3 is 2.33 bits per heavy atom. The standard InChI is InChI=1S/C8H7N3.CH4/c9-7-5-3-1-2-4-6(5)8(10)11-7;/h1-4H,(H3,9,10,11);1H4. The summed E-state index contributed by atoms with van der Waals surface area (Å²) in [7, 11) is 0. The van der Waals surface area contributed by atoms with Gasteiger partial charge >= 0.3 is 0 Å². The first-order valence-electron chi connectivity index (χ1n) is 3.31. The Balaban J connectivity index is 0.000000720. The number of fused-ring (bicyclic) bond motifs is 1. The molecular formula is C9H11N3. The van der Waals surface area contributed by atoms with Crippen LogP contribution in [-0.4, -0.2) is 11.7 Å². The van der Waals surface area contributed by atoms with Gasteiger partial charge in [0.1, 0.15) is 5.84 Å². The lowest BCUT2D eigenvalue weighted by molar-refractivity contribution is 1.45. The molecule has 62 valence electrons. The van der Waals surface area contributed by atoms with Crippen molar-refractivity contribution in [1.29, 1.82) is 5.41 Å². The minimum atomic E-state index is 0. The quantitative estimate of drug-likeness (QED) is 0.593. The second-order valence-electron chi connectivity index (χ2n) is 2.39. The number of hydrogen-bond acceptors (Lipinski definition) is 2. The Labute approximate surface area is 71.4 Å². The zero-order valence-corrected chi connectivity index (χ0v) is 5.83. The highest BCUT2D eigenvalue weighted by Gasteiger charge is 2.16. The minimum Gasteiger partial charge on any atom is -0.383 e. The summed E-state index contributed by atoms with van der Waals surface area (Å²) in [5.74, 6) is 0.712. The van der Waals surface area contributed by atoms with Gasteiger partial charge in [0, 0.05) is 11.1 Å². The number of nitrogens with one attached hydrogen (secondary N) is 1. The molecule has 1 aliphatic heterocycles. The van der Waals surface area contributed by atoms with Crippen molar-refractivity contribution < 1.29 is 0 Å². The first-order valence-corrected chi connectivity index (χ1v) is 3.31. The largest absolute Gasteiger partial charge is 0.383 e. The first-order chi connectivity index (χ1) is 5.29. The average molecular weight is 161 g/mol. The van der Waals surface area contributed by atoms with E-state index in [1.54, 1.807) is 0 Å². The molecule has 3 nitrogen and oxygen atoms in total. The van der Waals surface area contributed by atoms with Crippen molar-refractivity contribution in [1.82, 2.24) is 0 Å². The number of rotatable bonds is 0. The van der Waals surface area contributed by atoms with Gasteiger partial charge in [0.15, 0.2) is 5.84 Å². The number of nitrogens with two attached hydrogens (primary N) is 1. The van der Waals surface area contributed by atoms with Crippen LogP contribution in [0.4, 0.5) is 0 Å². The predicted molar refractivity (Wildman–Crippen MR) is 50.7 cm³/mol. The van der Waals surface area contributed by atoms with E-state index in [9.17, 15) is 0 Å². The first kappa shape index (κ1) is 8.46. The summed E-state index contributed by atoms with van der Waals surface area (Å²) in [5, 5.41) is 7.39. The summed E-state index contributed by atoms with van der Waals surface area (Å²) >= 11 is 0. The minimum absolute atomic E-state index is 0. The molecule has 0 atom stereocenters. The van der Waals surface area contributed by atoms with Crippen LogP contribution >= 0.6 is 0 Å². The molecule has 1 heterocycles. The van der Waals surface area contributed by atoms with Gasteiger partial charge in [0.05, 0.1) is 0 Å². The number of benzene rings is 1. The topological polar surface area (TPSA) is 62.2 Å². The summed E-state index contributed by atoms with van der Waals surface area (Å²) < 4.78 is 0. The molecular weight excluding hydrogens is 150 g/mol. The van der Waals surface area contributed by atoms with E-state index in [0.29, 0.717) is 5.84 Å². The van der Waals surface area contributed by atoms with Crippen molar-refractivity contribution in [3.63, 3.8) is 0 Å². The fourth-order valence-electron chi connectivity index (χ4n) is 1.15. The SMILES string of the molecule is C.N=C1N=C(N)c2ccccc21. The smallest absolute Gasteiger partial charge is 0.154 e. The number of amidine groups is 2. The highest BCUT2D eigenvalue weighted by atomic mass is 14.9. The molecule has 3 heteroatoms. The maximum atomic E-state index is 7.39. The lowest BCUT2D eigenvalue weighted by Crippen LogP contribution is -2.09. The van der Waals surface area contributed by atoms with Crippen LogP contribution in [0.1, 0.15) is 18.6 Å². The average Bonchev–Trinajstić information content (AvgIpc) is 2.30. The Morgan fingerprint density at radius 2 is 1.75 bits per heavy atom. The van der Waals surface area contributed by atoms with Crippen molar-refractivity contribution in [2.24, 2.45) is 10.7 Å². The molecule has 0 spiro atoms. The maximum Gasteiger partial charge on any atom is 0.154 e. The molecule has 2 rings (SSSR count). The van der Waals surface area contributed by atoms with Gasteiger partial charge < -0.3 is 5.73 Å². The van der Waals surface area contributed by atoms with Crippen LogP contribution in [0.25, 0.3) is 0 Å². The van der Waals surface area contributed by atoms with E-state index in [1.165, 1.54) is 0 Å². The second-order valence-corrected chi connectivity index (χ2v) is 2.39. The van der Waals surface area contributed by atoms with Gasteiger partial charge in [-0.2, -0.15) is 0 Å². The van der Waals surface area contributed by atoms with Crippen molar-refractivity contribution in [3.8, 4) is 0 Å². The number of hydrogen-bond donors (Lipinski definition) is 2. The van der Waals surface area contributed by atoms with Gasteiger partial charge in [-0.25, -0.2) is 4.99 Å². The summed E-state index contributed by atoms with van der Waals surface area (Å²) in [6, 6.07) is 7.48. The van der Waals surface area contributed by atoms with E-state index in [-0.39, 0.29) is 13.3 Å². The van der Waals surface area contributed by atoms with Crippen LogP contribution in [0.15, 0.2) is 29.3 Å². The van der Waals surface area contributed by atoms with Crippen molar-refractivity contribution in [2.45, 2.75) is 7.43 Å². The summed E-state index contributed by atoms with van der Waals surface area (Å²) in [4.78, 5) is 3.83. The van der Waals surface area contributed by atoms with Crippen molar-refractivity contribution >= 4 is 11.7 Å². The normalized spacial score (nSPS) is 13.3. The fourth-order valence-corrected chi connectivity index (χ4v) is 1.15. The molecule has 1 aromatic rings. The monoisotopic (exact) mass is 161 g/mol. The lowest BCUT2D eigenvalue weighted by Gasteiger charge is -1.94. The molecule has 1 aliphatic rings. The summed E-state index contributed by atoms with van der Waals surface area (Å²) in [6.07, 6.45) is 0. The highest BCUT2D eigenvalue weighted by molar-refractivity contribution is 6.20. The predicted octanol–water partition coefficient (Wildman–Crippen LogP) is 1.37. The van der Waals surface area contributed by atoms with E-state index in [0.717, 1.165) is 11.1 Å². The van der Waals surface area contributed by atoms with E-state index in [4.69, 9.17) is 11.1 Å². The van der Waals surface area contributed by atoms with Crippen molar-refractivity contribution in [3.05, 3.63) is 35.4 Å². The molecule has 3 N–H and O–H groups in total. The summed E-state index contributed by atoms with van der Waals surface area (Å²) in [6.45, 7) is 0. The van der Waals surface area contributed by atoms with Crippen LogP contribution in [0.3, 0.4) is 0 Å². The van der Waals surface area contributed by atoms with Crippen LogP contribution in [0, 0.1) is 5.41 Å². The zero-order chi connectivity index (χ0) is 7.84. The van der Waals surface area contributed by atoms with E-state index in [2.05, 4.69) is 4.99 Å². The van der Waals surface area contributed by atoms with Crippen LogP contribution < -0.4 is 5.73 Å². The summed E-state index contributed by atoms with van der Waals surface area (Å²) in [5.41, 5.74) is 7.24. The highest BCUT2D eigenvalue weighted by Crippen LogP contribution is 2.15. The van der Waals surface area contributed by atoms with Gasteiger partial charge in [-0.1, -0.05) is 31.7 Å². The van der Waals surface area contributed by atoms with Gasteiger partial charge in [0.2, 0.25) is 0 Å². The number of aliphatic imine (C=N–C) groups is 1. The number of nitrogens with zero attached hydrogens (tertiary/aromatic N) is 1. The lowest BCUT2D eigenvalue weighted by atomic mass is 10.1. The third-order valence-corrected chi connectivity index (χ3v) is 1.69. The van der Waals surface area contributed by atoms with Gasteiger partial charge in [-0.15, -0.1) is 0 Å². The Hall–Kier alpha value is -1.64. The molecule has 0 saturated heterocycles. The van der Waals surface area contributed by atoms with Gasteiger partial charge in [-0.3, -0.25) is 5.41 Å². The van der Waals surface area contributed by atoms with E-state index in [1.807, 2.05) is 24.3 Å². The Bertz CT molecular complexity index is 353. The van der Waals surface area contributed by atoms with Gasteiger partial charge in [0.25, 0.3) is 0 Å². The Kier molecular flexibility index (Phi) is 1.95. The molecule has 0 radical (unpaired) electrons. The maximum absolute atomic E-state index is 7.39. The molecule has 0 fully saturated rings. The van der Waals surface area contributed by atoms with E-state index >= 15 is 0 Å². The molecule has 12 heavy (non-hydrogen) atoms. The molecule has 1 aromatic carbocycles. The fraction of sp³-hybridized carbons (Fsp3) is 0.111. The third kappa shape index (κ3) is 0.993. The molecule has 0 amide bonds. The second kappa shape index (κ2) is 2.77.